The van der Waals surface area contributed by atoms with Gasteiger partial charge in [-0.05, 0) is 101 Å². The summed E-state index contributed by atoms with van der Waals surface area (Å²) in [6, 6.07) is 0. The number of allylic oxidation sites excluding steroid dienone is 7. The van der Waals surface area contributed by atoms with Crippen molar-refractivity contribution in [2.45, 2.75) is 130 Å². The number of carbonyl (C=O) groups is 6. The van der Waals surface area contributed by atoms with Gasteiger partial charge in [-0.25, -0.2) is 24.0 Å². The van der Waals surface area contributed by atoms with E-state index in [2.05, 4.69) is 27.7 Å². The molecule has 0 spiro atoms. The molecule has 0 aliphatic rings. The number of carboxylic acids is 1. The highest BCUT2D eigenvalue weighted by Crippen LogP contribution is 2.25. The Balaban J connectivity index is -0.000000255. The zero-order chi connectivity index (χ0) is 43.5. The number of aliphatic hydroxyl groups is 4. The first-order valence-electron chi connectivity index (χ1n) is 16.2. The molecule has 0 atom stereocenters. The van der Waals surface area contributed by atoms with Crippen LogP contribution in [0.1, 0.15) is 118 Å². The molecule has 0 aromatic carbocycles. The van der Waals surface area contributed by atoms with E-state index in [1.165, 1.54) is 52.0 Å². The third kappa shape index (κ3) is 36.9. The van der Waals surface area contributed by atoms with E-state index in [4.69, 9.17) is 44.5 Å². The molecule has 0 aromatic rings. The molecule has 0 aliphatic carbocycles. The van der Waals surface area contributed by atoms with E-state index in [-0.39, 0.29) is 28.1 Å². The average molecular weight is 759 g/mol. The molecule has 0 bridgehead atoms. The van der Waals surface area contributed by atoms with Crippen LogP contribution in [0.5, 0.6) is 0 Å². The van der Waals surface area contributed by atoms with Gasteiger partial charge in [0.1, 0.15) is 0 Å². The van der Waals surface area contributed by atoms with E-state index in [0.29, 0.717) is 11.0 Å². The van der Waals surface area contributed by atoms with Crippen molar-refractivity contribution in [3.63, 3.8) is 0 Å². The molecule has 5 N–H and O–H groups in total. The Morgan fingerprint density at radius 3 is 0.660 bits per heavy atom. The fraction of sp³-hybridized carbons (Fsp3) is 0.526. The van der Waals surface area contributed by atoms with E-state index in [1.807, 2.05) is 19.9 Å². The summed E-state index contributed by atoms with van der Waals surface area (Å²) in [6.07, 6.45) is 2.50. The monoisotopic (exact) mass is 758 g/mol. The molecule has 53 heavy (non-hydrogen) atoms. The van der Waals surface area contributed by atoms with Crippen molar-refractivity contribution < 1.29 is 73.2 Å². The van der Waals surface area contributed by atoms with Gasteiger partial charge in [-0.2, -0.15) is 0 Å². The van der Waals surface area contributed by atoms with Crippen LogP contribution in [-0.2, 0) is 47.7 Å². The predicted molar refractivity (Wildman–Crippen MR) is 199 cm³/mol. The van der Waals surface area contributed by atoms with Crippen LogP contribution in [0, 0.1) is 5.41 Å². The van der Waals surface area contributed by atoms with Gasteiger partial charge in [0.25, 0.3) is 0 Å². The predicted octanol–water partition coefficient (Wildman–Crippen LogP) is 5.83. The summed E-state index contributed by atoms with van der Waals surface area (Å²) in [7, 11) is 0. The maximum Gasteiger partial charge on any atom is 0.620 e. The highest BCUT2D eigenvalue weighted by molar-refractivity contribution is 5.93. The first kappa shape index (κ1) is 57.6. The Morgan fingerprint density at radius 2 is 0.585 bits per heavy atom. The van der Waals surface area contributed by atoms with Gasteiger partial charge in [0.05, 0.1) is 0 Å². The minimum absolute atomic E-state index is 0.103. The fourth-order valence-electron chi connectivity index (χ4n) is 1.70. The first-order chi connectivity index (χ1) is 23.8. The summed E-state index contributed by atoms with van der Waals surface area (Å²) < 4.78 is 20.3. The van der Waals surface area contributed by atoms with Crippen LogP contribution in [0.25, 0.3) is 0 Å². The van der Waals surface area contributed by atoms with Gasteiger partial charge >= 0.3 is 42.2 Å². The molecular formula is C38H62O15. The minimum atomic E-state index is -3.50. The van der Waals surface area contributed by atoms with Crippen LogP contribution in [-0.4, -0.2) is 73.5 Å². The highest BCUT2D eigenvalue weighted by Gasteiger charge is 2.50. The zero-order valence-corrected chi connectivity index (χ0v) is 34.3. The smallest absolute Gasteiger partial charge is 0.478 e. The fourth-order valence-corrected chi connectivity index (χ4v) is 1.70. The summed E-state index contributed by atoms with van der Waals surface area (Å²) in [5.41, 5.74) is 2.13. The van der Waals surface area contributed by atoms with Gasteiger partial charge in [0.15, 0.2) is 5.78 Å². The average Bonchev–Trinajstić information content (AvgIpc) is 3.04. The van der Waals surface area contributed by atoms with Crippen molar-refractivity contribution in [1.29, 1.82) is 0 Å². The standard InChI is InChI=1S/C21H28O8.C6H10O.C5H8O2.C5H12.CH4O4/c1-9-13(5)17(22)26-21(27-18(23)14(6)10-2,28-19(24)15(7)11-3)29-20(25)16(8)12-4;1-4-5(2)6(3)7;1-3-4(2)5(6)7;1-5(2,3)4;2-1(3,4)5/h9-12H,1-8H3;4H,1-3H3;3H,1-2H3,(H,6,7);1-4H3;2-5H/b13-9+,14-10+,15-11+,16-12+;5-4+;4-3+;;. The van der Waals surface area contributed by atoms with E-state index >= 15 is 0 Å². The number of hydrogen-bond acceptors (Lipinski definition) is 14. The normalized spacial score (nSPS) is 12.7. The number of Topliss-reactive ketones (excluding diaryl/α,β-unsaturated/α-hetero) is 1. The van der Waals surface area contributed by atoms with Gasteiger partial charge in [0, 0.05) is 27.9 Å². The number of carboxylic acid groups (broad SMARTS) is 1. The molecule has 0 saturated carbocycles. The molecule has 15 heteroatoms. The topological polar surface area (TPSA) is 240 Å². The Kier molecular flexibility index (Phi) is 31.4. The summed E-state index contributed by atoms with van der Waals surface area (Å²) in [6.45, 7) is 29.2. The van der Waals surface area contributed by atoms with Gasteiger partial charge < -0.3 is 44.5 Å². The Hall–Kier alpha value is -4.70. The van der Waals surface area contributed by atoms with Crippen molar-refractivity contribution in [1.82, 2.24) is 0 Å². The number of ether oxygens (including phenoxy) is 4. The number of esters is 4. The minimum Gasteiger partial charge on any atom is -0.478 e. The molecule has 15 nitrogen and oxygen atoms in total. The molecule has 0 fully saturated rings. The van der Waals surface area contributed by atoms with Gasteiger partial charge in [-0.15, -0.1) is 0 Å². The second kappa shape index (κ2) is 28.8. The van der Waals surface area contributed by atoms with Gasteiger partial charge in [0.2, 0.25) is 0 Å². The summed E-state index contributed by atoms with van der Waals surface area (Å²) in [5.74, 6) is -4.76. The maximum absolute atomic E-state index is 12.3. The molecule has 0 radical (unpaired) electrons. The lowest BCUT2D eigenvalue weighted by molar-refractivity contribution is -0.436. The quantitative estimate of drug-likeness (QED) is 0.1000. The van der Waals surface area contributed by atoms with E-state index in [9.17, 15) is 28.8 Å². The number of hydrogen-bond donors (Lipinski definition) is 5. The zero-order valence-electron chi connectivity index (χ0n) is 34.3. The van der Waals surface area contributed by atoms with Crippen molar-refractivity contribution in [3.8, 4) is 0 Å². The van der Waals surface area contributed by atoms with Crippen LogP contribution >= 0.6 is 0 Å². The third-order valence-electron chi connectivity index (χ3n) is 5.65. The van der Waals surface area contributed by atoms with Gasteiger partial charge in [-0.1, -0.05) is 64.2 Å². The SMILES string of the molecule is C/C=C(\C)C(=O)O.C/C=C(\C)C(=O)OC(OC(=O)/C(C)=C/C)(OC(=O)/C(C)=C/C)OC(=O)/C(C)=C/C.C/C=C(\C)C(C)=O.CC(C)(C)C.OC(O)(O)O. The van der Waals surface area contributed by atoms with Crippen LogP contribution in [0.2, 0.25) is 0 Å². The lowest BCUT2D eigenvalue weighted by Crippen LogP contribution is -2.49. The molecule has 304 valence electrons. The second-order valence-corrected chi connectivity index (χ2v) is 12.3. The van der Waals surface area contributed by atoms with Crippen LogP contribution < -0.4 is 0 Å². The maximum atomic E-state index is 12.3. The number of ketones is 1. The van der Waals surface area contributed by atoms with Crippen molar-refractivity contribution in [2.75, 3.05) is 0 Å². The van der Waals surface area contributed by atoms with Crippen LogP contribution in [0.15, 0.2) is 69.9 Å². The highest BCUT2D eigenvalue weighted by atomic mass is 17.0. The van der Waals surface area contributed by atoms with Crippen LogP contribution in [0.3, 0.4) is 0 Å². The van der Waals surface area contributed by atoms with E-state index in [1.54, 1.807) is 54.5 Å². The lowest BCUT2D eigenvalue weighted by atomic mass is 10.0. The summed E-state index contributed by atoms with van der Waals surface area (Å²) in [5, 5.41) is 36.9. The molecule has 0 heterocycles. The molecular weight excluding hydrogens is 696 g/mol. The number of rotatable bonds is 10. The Labute approximate surface area is 314 Å². The van der Waals surface area contributed by atoms with Crippen LogP contribution in [0.4, 0.5) is 0 Å². The van der Waals surface area contributed by atoms with E-state index < -0.39 is 42.2 Å². The van der Waals surface area contributed by atoms with Crippen molar-refractivity contribution in [2.24, 2.45) is 5.41 Å². The molecule has 0 rings (SSSR count). The van der Waals surface area contributed by atoms with Crippen molar-refractivity contribution in [3.05, 3.63) is 69.9 Å². The molecule has 0 aliphatic heterocycles. The van der Waals surface area contributed by atoms with Gasteiger partial charge in [-0.3, -0.25) is 4.79 Å². The third-order valence-corrected chi connectivity index (χ3v) is 5.65. The Morgan fingerprint density at radius 1 is 0.415 bits per heavy atom. The van der Waals surface area contributed by atoms with Crippen molar-refractivity contribution >= 4 is 35.6 Å². The van der Waals surface area contributed by atoms with E-state index in [0.717, 1.165) is 5.57 Å². The second-order valence-electron chi connectivity index (χ2n) is 12.3. The molecule has 0 unspecified atom stereocenters. The Bertz CT molecular complexity index is 1210. The molecule has 0 amide bonds. The molecule has 0 aromatic heterocycles. The summed E-state index contributed by atoms with van der Waals surface area (Å²) >= 11 is 0. The largest absolute Gasteiger partial charge is 0.620 e. The number of carbonyl (C=O) groups excluding carboxylic acids is 5. The summed E-state index contributed by atoms with van der Waals surface area (Å²) in [4.78, 5) is 69.5. The lowest BCUT2D eigenvalue weighted by Gasteiger charge is -2.29. The first-order valence-corrected chi connectivity index (χ1v) is 16.2. The molecule has 0 saturated heterocycles. The number of aliphatic carboxylic acids is 1.